The minimum atomic E-state index is -0.273. The highest BCUT2D eigenvalue weighted by molar-refractivity contribution is 6.36. The molecule has 4 rings (SSSR count). The molecule has 1 saturated heterocycles. The molecular weight excluding hydrogens is 469 g/mol. The highest BCUT2D eigenvalue weighted by Crippen LogP contribution is 2.35. The summed E-state index contributed by atoms with van der Waals surface area (Å²) in [6.45, 7) is 3.58. The molecule has 0 radical (unpaired) electrons. The molecule has 1 N–H and O–H groups in total. The van der Waals surface area contributed by atoms with Gasteiger partial charge in [0.05, 0.1) is 21.4 Å². The molecule has 1 amide bonds. The number of furan rings is 1. The normalized spacial score (nSPS) is 14.8. The van der Waals surface area contributed by atoms with Gasteiger partial charge in [-0.1, -0.05) is 40.9 Å². The van der Waals surface area contributed by atoms with Crippen LogP contribution in [0.25, 0.3) is 17.4 Å². The van der Waals surface area contributed by atoms with Crippen molar-refractivity contribution in [3.8, 4) is 11.3 Å². The van der Waals surface area contributed by atoms with Crippen molar-refractivity contribution >= 4 is 58.2 Å². The highest BCUT2D eigenvalue weighted by atomic mass is 35.5. The first kappa shape index (κ1) is 22.7. The molecule has 3 aromatic rings. The number of anilines is 2. The summed E-state index contributed by atoms with van der Waals surface area (Å²) in [7, 11) is 2.10. The third kappa shape index (κ3) is 5.30. The number of rotatable bonds is 5. The number of carbonyl (C=O) groups is 1. The molecule has 0 aliphatic carbocycles. The monoisotopic (exact) mass is 489 g/mol. The Morgan fingerprint density at radius 1 is 1.00 bits per heavy atom. The molecule has 2 heterocycles. The van der Waals surface area contributed by atoms with E-state index in [9.17, 15) is 4.79 Å². The Hall–Kier alpha value is -2.44. The van der Waals surface area contributed by atoms with Crippen LogP contribution in [0.5, 0.6) is 0 Å². The predicted octanol–water partition coefficient (Wildman–Crippen LogP) is 6.31. The van der Waals surface area contributed by atoms with Crippen LogP contribution in [0, 0.1) is 0 Å². The van der Waals surface area contributed by atoms with Crippen LogP contribution in [0.2, 0.25) is 15.1 Å². The van der Waals surface area contributed by atoms with Crippen molar-refractivity contribution in [2.45, 2.75) is 0 Å². The van der Waals surface area contributed by atoms with Gasteiger partial charge < -0.3 is 19.5 Å². The minimum absolute atomic E-state index is 0.273. The van der Waals surface area contributed by atoms with Gasteiger partial charge in [-0.2, -0.15) is 0 Å². The second kappa shape index (κ2) is 10.0. The predicted molar refractivity (Wildman–Crippen MR) is 133 cm³/mol. The fourth-order valence-electron chi connectivity index (χ4n) is 3.58. The lowest BCUT2D eigenvalue weighted by Gasteiger charge is -2.35. The Morgan fingerprint density at radius 3 is 2.53 bits per heavy atom. The van der Waals surface area contributed by atoms with E-state index in [2.05, 4.69) is 22.2 Å². The van der Waals surface area contributed by atoms with Crippen molar-refractivity contribution in [2.24, 2.45) is 0 Å². The highest BCUT2D eigenvalue weighted by Gasteiger charge is 2.20. The maximum Gasteiger partial charge on any atom is 0.248 e. The number of hydrogen-bond acceptors (Lipinski definition) is 4. The van der Waals surface area contributed by atoms with E-state index < -0.39 is 0 Å². The summed E-state index contributed by atoms with van der Waals surface area (Å²) in [5.74, 6) is 0.857. The summed E-state index contributed by atoms with van der Waals surface area (Å²) in [6, 6.07) is 14.3. The average molecular weight is 491 g/mol. The minimum Gasteiger partial charge on any atom is -0.457 e. The van der Waals surface area contributed by atoms with Crippen molar-refractivity contribution in [1.82, 2.24) is 4.90 Å². The van der Waals surface area contributed by atoms with Gasteiger partial charge in [0, 0.05) is 42.8 Å². The molecule has 32 heavy (non-hydrogen) atoms. The largest absolute Gasteiger partial charge is 0.457 e. The van der Waals surface area contributed by atoms with Crippen LogP contribution in [-0.4, -0.2) is 44.0 Å². The van der Waals surface area contributed by atoms with E-state index in [0.29, 0.717) is 32.3 Å². The molecule has 0 atom stereocenters. The Morgan fingerprint density at radius 2 is 1.78 bits per heavy atom. The first-order chi connectivity index (χ1) is 15.4. The molecule has 166 valence electrons. The molecule has 1 aliphatic heterocycles. The fraction of sp³-hybridized carbons (Fsp3) is 0.208. The maximum absolute atomic E-state index is 12.6. The summed E-state index contributed by atoms with van der Waals surface area (Å²) in [5, 5.41) is 4.61. The topological polar surface area (TPSA) is 48.7 Å². The van der Waals surface area contributed by atoms with Crippen molar-refractivity contribution in [3.05, 3.63) is 75.4 Å². The summed E-state index contributed by atoms with van der Waals surface area (Å²) >= 11 is 18.7. The number of piperazine rings is 1. The number of para-hydroxylation sites is 1. The summed E-state index contributed by atoms with van der Waals surface area (Å²) < 4.78 is 5.81. The molecule has 0 saturated carbocycles. The Bertz CT molecular complexity index is 1150. The number of nitrogens with zero attached hydrogens (tertiary/aromatic N) is 2. The smallest absolute Gasteiger partial charge is 0.248 e. The van der Waals surface area contributed by atoms with Gasteiger partial charge in [0.2, 0.25) is 5.91 Å². The molecule has 0 unspecified atom stereocenters. The van der Waals surface area contributed by atoms with Gasteiger partial charge in [0.25, 0.3) is 0 Å². The van der Waals surface area contributed by atoms with Crippen LogP contribution < -0.4 is 10.2 Å². The first-order valence-corrected chi connectivity index (χ1v) is 11.3. The number of halogens is 3. The van der Waals surface area contributed by atoms with Crippen molar-refractivity contribution in [1.29, 1.82) is 0 Å². The van der Waals surface area contributed by atoms with E-state index in [4.69, 9.17) is 39.2 Å². The van der Waals surface area contributed by atoms with E-state index in [1.54, 1.807) is 36.4 Å². The van der Waals surface area contributed by atoms with Gasteiger partial charge in [0.1, 0.15) is 11.5 Å². The molecule has 1 fully saturated rings. The Kier molecular flexibility index (Phi) is 7.11. The van der Waals surface area contributed by atoms with Crippen molar-refractivity contribution in [2.75, 3.05) is 43.4 Å². The van der Waals surface area contributed by atoms with Crippen LogP contribution in [0.15, 0.2) is 59.0 Å². The van der Waals surface area contributed by atoms with Gasteiger partial charge in [0.15, 0.2) is 0 Å². The molecule has 0 bridgehead atoms. The van der Waals surface area contributed by atoms with Crippen molar-refractivity contribution in [3.63, 3.8) is 0 Å². The molecule has 8 heteroatoms. The van der Waals surface area contributed by atoms with Gasteiger partial charge in [-0.3, -0.25) is 4.79 Å². The first-order valence-electron chi connectivity index (χ1n) is 10.2. The lowest BCUT2D eigenvalue weighted by molar-refractivity contribution is -0.111. The molecule has 1 aromatic heterocycles. The third-order valence-electron chi connectivity index (χ3n) is 5.29. The summed E-state index contributed by atoms with van der Waals surface area (Å²) in [4.78, 5) is 17.1. The van der Waals surface area contributed by atoms with E-state index >= 15 is 0 Å². The average Bonchev–Trinajstić information content (AvgIpc) is 3.22. The molecule has 2 aromatic carbocycles. The number of benzene rings is 2. The summed E-state index contributed by atoms with van der Waals surface area (Å²) in [6.07, 6.45) is 3.05. The second-order valence-electron chi connectivity index (χ2n) is 7.58. The second-order valence-corrected chi connectivity index (χ2v) is 8.83. The molecule has 0 spiro atoms. The fourth-order valence-corrected chi connectivity index (χ4v) is 4.37. The van der Waals surface area contributed by atoms with Crippen LogP contribution in [-0.2, 0) is 4.79 Å². The zero-order valence-electron chi connectivity index (χ0n) is 17.4. The lowest BCUT2D eigenvalue weighted by Crippen LogP contribution is -2.44. The SMILES string of the molecule is CN1CCN(c2c(Cl)cccc2NC(=O)/C=C/c2ccc(-c3ccc(Cl)cc3Cl)o2)CC1. The Balaban J connectivity index is 1.47. The standard InChI is InChI=1S/C24H22Cl3N3O2/c1-29-11-13-30(14-12-29)24-19(26)3-2-4-21(24)28-23(31)10-7-17-6-9-22(32-17)18-8-5-16(25)15-20(18)27/h2-10,15H,11-14H2,1H3,(H,28,31)/b10-7+. The number of carbonyl (C=O) groups excluding carboxylic acids is 1. The zero-order valence-corrected chi connectivity index (χ0v) is 19.7. The molecular formula is C24H22Cl3N3O2. The van der Waals surface area contributed by atoms with E-state index in [-0.39, 0.29) is 5.91 Å². The van der Waals surface area contributed by atoms with E-state index in [0.717, 1.165) is 37.4 Å². The third-order valence-corrected chi connectivity index (χ3v) is 6.14. The van der Waals surface area contributed by atoms with Gasteiger partial charge in [-0.05, 0) is 55.6 Å². The molecule has 1 aliphatic rings. The van der Waals surface area contributed by atoms with Gasteiger partial charge in [-0.25, -0.2) is 0 Å². The Labute approximate surface area is 202 Å². The zero-order chi connectivity index (χ0) is 22.7. The van der Waals surface area contributed by atoms with Crippen LogP contribution >= 0.6 is 34.8 Å². The number of likely N-dealkylation sites (N-methyl/N-ethyl adjacent to an activating group) is 1. The van der Waals surface area contributed by atoms with Gasteiger partial charge >= 0.3 is 0 Å². The molecule has 5 nitrogen and oxygen atoms in total. The van der Waals surface area contributed by atoms with Crippen LogP contribution in [0.1, 0.15) is 5.76 Å². The summed E-state index contributed by atoms with van der Waals surface area (Å²) in [5.41, 5.74) is 2.27. The van der Waals surface area contributed by atoms with E-state index in [1.165, 1.54) is 6.08 Å². The lowest BCUT2D eigenvalue weighted by atomic mass is 10.2. The maximum atomic E-state index is 12.6. The van der Waals surface area contributed by atoms with E-state index in [1.807, 2.05) is 18.2 Å². The quantitative estimate of drug-likeness (QED) is 0.426. The van der Waals surface area contributed by atoms with Crippen LogP contribution in [0.3, 0.4) is 0 Å². The van der Waals surface area contributed by atoms with Crippen molar-refractivity contribution < 1.29 is 9.21 Å². The number of hydrogen-bond donors (Lipinski definition) is 1. The number of amides is 1. The van der Waals surface area contributed by atoms with Crippen LogP contribution in [0.4, 0.5) is 11.4 Å². The number of nitrogens with one attached hydrogen (secondary N) is 1. The van der Waals surface area contributed by atoms with Gasteiger partial charge in [-0.15, -0.1) is 0 Å².